The van der Waals surface area contributed by atoms with Crippen LogP contribution in [0.5, 0.6) is 5.75 Å². The molecule has 0 spiro atoms. The van der Waals surface area contributed by atoms with Gasteiger partial charge in [-0.15, -0.1) is 0 Å². The topological polar surface area (TPSA) is 93.7 Å². The molecular weight excluding hydrogens is 400 g/mol. The SMILES string of the molecule is COCCN(C(C)=O)c1nc(C)c(C(=O)Nc2nc3ccc(OC)cc3s2)s1. The maximum absolute atomic E-state index is 12.7. The van der Waals surface area contributed by atoms with Gasteiger partial charge in [-0.05, 0) is 25.1 Å². The highest BCUT2D eigenvalue weighted by atomic mass is 32.1. The van der Waals surface area contributed by atoms with E-state index in [-0.39, 0.29) is 11.8 Å². The van der Waals surface area contributed by atoms with Crippen LogP contribution in [0.1, 0.15) is 22.3 Å². The van der Waals surface area contributed by atoms with Crippen molar-refractivity contribution < 1.29 is 19.1 Å². The molecule has 10 heteroatoms. The van der Waals surface area contributed by atoms with Crippen LogP contribution in [0.4, 0.5) is 10.3 Å². The number of anilines is 2. The number of methoxy groups -OCH3 is 2. The lowest BCUT2D eigenvalue weighted by Gasteiger charge is -2.16. The van der Waals surface area contributed by atoms with Crippen molar-refractivity contribution in [1.29, 1.82) is 0 Å². The number of hydrogen-bond donors (Lipinski definition) is 1. The predicted octanol–water partition coefficient (Wildman–Crippen LogP) is 3.32. The van der Waals surface area contributed by atoms with E-state index in [1.165, 1.54) is 34.5 Å². The standard InChI is InChI=1S/C18H20N4O4S2/c1-10-15(28-18(19-10)22(11(2)23)7-8-25-3)16(24)21-17-20-13-6-5-12(26-4)9-14(13)27-17/h5-6,9H,7-8H2,1-4H3,(H,20,21,24). The Morgan fingerprint density at radius 2 is 2.00 bits per heavy atom. The molecule has 1 N–H and O–H groups in total. The van der Waals surface area contributed by atoms with Crippen molar-refractivity contribution in [3.63, 3.8) is 0 Å². The molecule has 2 amide bonds. The van der Waals surface area contributed by atoms with Crippen LogP contribution < -0.4 is 15.0 Å². The van der Waals surface area contributed by atoms with Crippen LogP contribution >= 0.6 is 22.7 Å². The molecule has 0 unspecified atom stereocenters. The Morgan fingerprint density at radius 1 is 1.21 bits per heavy atom. The van der Waals surface area contributed by atoms with E-state index in [0.717, 1.165) is 16.0 Å². The van der Waals surface area contributed by atoms with E-state index in [4.69, 9.17) is 9.47 Å². The lowest BCUT2D eigenvalue weighted by atomic mass is 10.3. The summed E-state index contributed by atoms with van der Waals surface area (Å²) >= 11 is 2.53. The second-order valence-electron chi connectivity index (χ2n) is 5.88. The molecule has 0 bridgehead atoms. The lowest BCUT2D eigenvalue weighted by molar-refractivity contribution is -0.116. The van der Waals surface area contributed by atoms with E-state index in [2.05, 4.69) is 15.3 Å². The number of amides is 2. The number of rotatable bonds is 7. The molecule has 0 aliphatic carbocycles. The fourth-order valence-electron chi connectivity index (χ4n) is 2.52. The molecule has 0 aliphatic heterocycles. The summed E-state index contributed by atoms with van der Waals surface area (Å²) in [4.78, 5) is 35.4. The summed E-state index contributed by atoms with van der Waals surface area (Å²) < 4.78 is 11.2. The van der Waals surface area contributed by atoms with Crippen molar-refractivity contribution in [3.05, 3.63) is 28.8 Å². The maximum Gasteiger partial charge on any atom is 0.269 e. The van der Waals surface area contributed by atoms with Crippen LogP contribution in [0.15, 0.2) is 18.2 Å². The van der Waals surface area contributed by atoms with Gasteiger partial charge in [-0.1, -0.05) is 22.7 Å². The van der Waals surface area contributed by atoms with Gasteiger partial charge in [-0.2, -0.15) is 0 Å². The number of fused-ring (bicyclic) bond motifs is 1. The smallest absolute Gasteiger partial charge is 0.269 e. The highest BCUT2D eigenvalue weighted by Crippen LogP contribution is 2.31. The summed E-state index contributed by atoms with van der Waals surface area (Å²) in [6.45, 7) is 3.96. The average molecular weight is 421 g/mol. The average Bonchev–Trinajstić information content (AvgIpc) is 3.23. The minimum Gasteiger partial charge on any atom is -0.497 e. The fourth-order valence-corrected chi connectivity index (χ4v) is 4.44. The number of aryl methyl sites for hydroxylation is 1. The van der Waals surface area contributed by atoms with Gasteiger partial charge < -0.3 is 9.47 Å². The van der Waals surface area contributed by atoms with Crippen molar-refractivity contribution in [2.24, 2.45) is 0 Å². The van der Waals surface area contributed by atoms with Crippen LogP contribution in [0.2, 0.25) is 0 Å². The van der Waals surface area contributed by atoms with Crippen LogP contribution in [0.3, 0.4) is 0 Å². The summed E-state index contributed by atoms with van der Waals surface area (Å²) in [5.74, 6) is 0.276. The van der Waals surface area contributed by atoms with Gasteiger partial charge in [-0.25, -0.2) is 9.97 Å². The molecule has 28 heavy (non-hydrogen) atoms. The minimum absolute atomic E-state index is 0.155. The number of ether oxygens (including phenoxy) is 2. The fraction of sp³-hybridized carbons (Fsp3) is 0.333. The zero-order chi connectivity index (χ0) is 20.3. The molecular formula is C18H20N4O4S2. The number of benzene rings is 1. The Balaban J connectivity index is 1.81. The quantitative estimate of drug-likeness (QED) is 0.630. The van der Waals surface area contributed by atoms with E-state index >= 15 is 0 Å². The summed E-state index contributed by atoms with van der Waals surface area (Å²) in [5, 5.41) is 3.79. The van der Waals surface area contributed by atoms with E-state index in [1.54, 1.807) is 21.1 Å². The third-order valence-electron chi connectivity index (χ3n) is 3.94. The number of nitrogens with zero attached hydrogens (tertiary/aromatic N) is 3. The molecule has 0 fully saturated rings. The van der Waals surface area contributed by atoms with Gasteiger partial charge in [0.05, 0.1) is 36.2 Å². The van der Waals surface area contributed by atoms with Crippen LogP contribution in [-0.4, -0.2) is 49.2 Å². The summed E-state index contributed by atoms with van der Waals surface area (Å²) in [6, 6.07) is 5.54. The van der Waals surface area contributed by atoms with Crippen molar-refractivity contribution in [2.45, 2.75) is 13.8 Å². The molecule has 0 saturated heterocycles. The van der Waals surface area contributed by atoms with Crippen molar-refractivity contribution >= 4 is 55.0 Å². The molecule has 8 nitrogen and oxygen atoms in total. The summed E-state index contributed by atoms with van der Waals surface area (Å²) in [7, 11) is 3.17. The molecule has 0 radical (unpaired) electrons. The minimum atomic E-state index is -0.303. The summed E-state index contributed by atoms with van der Waals surface area (Å²) in [6.07, 6.45) is 0. The summed E-state index contributed by atoms with van der Waals surface area (Å²) in [5.41, 5.74) is 1.34. The first-order chi connectivity index (χ1) is 13.4. The van der Waals surface area contributed by atoms with Crippen LogP contribution in [-0.2, 0) is 9.53 Å². The molecule has 148 valence electrons. The first kappa shape index (κ1) is 20.2. The molecule has 3 rings (SSSR count). The first-order valence-electron chi connectivity index (χ1n) is 8.43. The van der Waals surface area contributed by atoms with Crippen LogP contribution in [0.25, 0.3) is 10.2 Å². The molecule has 1 aromatic carbocycles. The number of nitrogens with one attached hydrogen (secondary N) is 1. The molecule has 2 aromatic heterocycles. The third kappa shape index (κ3) is 4.29. The van der Waals surface area contributed by atoms with Crippen molar-refractivity contribution in [2.75, 3.05) is 37.6 Å². The zero-order valence-electron chi connectivity index (χ0n) is 15.9. The number of aromatic nitrogens is 2. The van der Waals surface area contributed by atoms with Gasteiger partial charge in [0.15, 0.2) is 10.3 Å². The molecule has 0 atom stereocenters. The lowest BCUT2D eigenvalue weighted by Crippen LogP contribution is -2.31. The number of carbonyl (C=O) groups is 2. The van der Waals surface area contributed by atoms with Crippen molar-refractivity contribution in [1.82, 2.24) is 9.97 Å². The van der Waals surface area contributed by atoms with E-state index in [9.17, 15) is 9.59 Å². The highest BCUT2D eigenvalue weighted by Gasteiger charge is 2.22. The molecule has 0 saturated carbocycles. The Labute approximate surface area is 170 Å². The molecule has 0 aliphatic rings. The van der Waals surface area contributed by atoms with Gasteiger partial charge in [0.25, 0.3) is 5.91 Å². The van der Waals surface area contributed by atoms with E-state index in [0.29, 0.717) is 34.0 Å². The normalized spacial score (nSPS) is 10.9. The van der Waals surface area contributed by atoms with Gasteiger partial charge in [0, 0.05) is 14.0 Å². The Kier molecular flexibility index (Phi) is 6.22. The predicted molar refractivity (Wildman–Crippen MR) is 111 cm³/mol. The van der Waals surface area contributed by atoms with Gasteiger partial charge in [0.1, 0.15) is 10.6 Å². The Bertz CT molecular complexity index is 1010. The highest BCUT2D eigenvalue weighted by molar-refractivity contribution is 7.22. The largest absolute Gasteiger partial charge is 0.497 e. The Hall–Kier alpha value is -2.56. The zero-order valence-corrected chi connectivity index (χ0v) is 17.6. The van der Waals surface area contributed by atoms with E-state index < -0.39 is 0 Å². The molecule has 2 heterocycles. The second-order valence-corrected chi connectivity index (χ2v) is 7.89. The Morgan fingerprint density at radius 3 is 2.68 bits per heavy atom. The monoisotopic (exact) mass is 420 g/mol. The first-order valence-corrected chi connectivity index (χ1v) is 10.1. The molecule has 3 aromatic rings. The van der Waals surface area contributed by atoms with Crippen LogP contribution in [0, 0.1) is 6.92 Å². The van der Waals surface area contributed by atoms with Crippen molar-refractivity contribution in [3.8, 4) is 5.75 Å². The number of carbonyl (C=O) groups excluding carboxylic acids is 2. The number of hydrogen-bond acceptors (Lipinski definition) is 8. The maximum atomic E-state index is 12.7. The third-order valence-corrected chi connectivity index (χ3v) is 6.05. The second kappa shape index (κ2) is 8.63. The van der Waals surface area contributed by atoms with E-state index in [1.807, 2.05) is 18.2 Å². The number of thiazole rings is 2. The van der Waals surface area contributed by atoms with Gasteiger partial charge in [0.2, 0.25) is 5.91 Å². The van der Waals surface area contributed by atoms with Gasteiger partial charge >= 0.3 is 0 Å². The van der Waals surface area contributed by atoms with Gasteiger partial charge in [-0.3, -0.25) is 19.8 Å².